The minimum Gasteiger partial charge on any atom is -0.391 e. The van der Waals surface area contributed by atoms with Crippen LogP contribution in [0.5, 0.6) is 0 Å². The van der Waals surface area contributed by atoms with E-state index in [1.165, 1.54) is 5.56 Å². The van der Waals surface area contributed by atoms with Crippen LogP contribution < -0.4 is 11.1 Å². The van der Waals surface area contributed by atoms with Crippen molar-refractivity contribution in [1.82, 2.24) is 5.32 Å². The summed E-state index contributed by atoms with van der Waals surface area (Å²) < 4.78 is 0. The van der Waals surface area contributed by atoms with Crippen LogP contribution in [0.4, 0.5) is 0 Å². The van der Waals surface area contributed by atoms with Gasteiger partial charge in [-0.05, 0) is 36.2 Å². The molecule has 0 bridgehead atoms. The van der Waals surface area contributed by atoms with Gasteiger partial charge in [0.2, 0.25) is 0 Å². The van der Waals surface area contributed by atoms with Crippen molar-refractivity contribution in [3.63, 3.8) is 0 Å². The number of thiocarbonyl (C=S) groups is 1. The monoisotopic (exact) mass is 222 g/mol. The molecule has 1 aliphatic rings. The van der Waals surface area contributed by atoms with Gasteiger partial charge in [-0.2, -0.15) is 0 Å². The Morgan fingerprint density at radius 1 is 1.47 bits per heavy atom. The zero-order valence-electron chi connectivity index (χ0n) is 8.31. The Bertz CT molecular complexity index is 381. The van der Waals surface area contributed by atoms with Crippen LogP contribution in [0.1, 0.15) is 23.6 Å². The maximum atomic E-state index is 9.89. The Kier molecular flexibility index (Phi) is 2.88. The lowest BCUT2D eigenvalue weighted by Gasteiger charge is -2.31. The van der Waals surface area contributed by atoms with Gasteiger partial charge in [0, 0.05) is 0 Å². The zero-order chi connectivity index (χ0) is 10.8. The molecule has 4 heteroatoms. The van der Waals surface area contributed by atoms with Crippen molar-refractivity contribution in [2.45, 2.75) is 25.0 Å². The Morgan fingerprint density at radius 3 is 2.93 bits per heavy atom. The molecule has 1 aromatic carbocycles. The van der Waals surface area contributed by atoms with Crippen molar-refractivity contribution < 1.29 is 5.11 Å². The van der Waals surface area contributed by atoms with Gasteiger partial charge in [0.15, 0.2) is 5.11 Å². The van der Waals surface area contributed by atoms with E-state index in [4.69, 9.17) is 18.0 Å². The second-order valence-corrected chi connectivity index (χ2v) is 4.23. The molecule has 0 heterocycles. The number of aliphatic hydroxyl groups is 1. The van der Waals surface area contributed by atoms with Gasteiger partial charge in [-0.15, -0.1) is 0 Å². The molecule has 0 aromatic heterocycles. The van der Waals surface area contributed by atoms with Crippen LogP contribution in [0.2, 0.25) is 0 Å². The van der Waals surface area contributed by atoms with Crippen LogP contribution in [0, 0.1) is 0 Å². The SMILES string of the molecule is NC(=S)N[C@@H]1c2ccccc2CC[C@H]1O. The highest BCUT2D eigenvalue weighted by molar-refractivity contribution is 7.80. The van der Waals surface area contributed by atoms with Gasteiger partial charge >= 0.3 is 0 Å². The Hall–Kier alpha value is -1.13. The van der Waals surface area contributed by atoms with Gasteiger partial charge < -0.3 is 16.2 Å². The highest BCUT2D eigenvalue weighted by atomic mass is 32.1. The topological polar surface area (TPSA) is 58.3 Å². The fourth-order valence-corrected chi connectivity index (χ4v) is 2.20. The molecule has 0 unspecified atom stereocenters. The molecular formula is C11H14N2OS. The standard InChI is InChI=1S/C11H14N2OS/c12-11(15)13-10-8-4-2-1-3-7(8)5-6-9(10)14/h1-4,9-10,14H,5-6H2,(H3,12,13,15)/t9-,10-/m1/s1. The Balaban J connectivity index is 2.32. The van der Waals surface area contributed by atoms with Gasteiger partial charge in [-0.3, -0.25) is 0 Å². The summed E-state index contributed by atoms with van der Waals surface area (Å²) in [5.74, 6) is 0. The largest absolute Gasteiger partial charge is 0.391 e. The third kappa shape index (κ3) is 2.11. The first-order valence-electron chi connectivity index (χ1n) is 5.00. The van der Waals surface area contributed by atoms with Crippen LogP contribution in [0.15, 0.2) is 24.3 Å². The molecule has 0 spiro atoms. The van der Waals surface area contributed by atoms with Crippen molar-refractivity contribution in [2.75, 3.05) is 0 Å². The highest BCUT2D eigenvalue weighted by Gasteiger charge is 2.27. The van der Waals surface area contributed by atoms with Crippen LogP contribution >= 0.6 is 12.2 Å². The maximum absolute atomic E-state index is 9.89. The zero-order valence-corrected chi connectivity index (χ0v) is 9.13. The number of hydrogen-bond acceptors (Lipinski definition) is 2. The van der Waals surface area contributed by atoms with Gasteiger partial charge in [-0.25, -0.2) is 0 Å². The Morgan fingerprint density at radius 2 is 2.20 bits per heavy atom. The number of fused-ring (bicyclic) bond motifs is 1. The second-order valence-electron chi connectivity index (χ2n) is 3.79. The number of benzene rings is 1. The van der Waals surface area contributed by atoms with E-state index in [0.717, 1.165) is 18.4 Å². The molecule has 0 radical (unpaired) electrons. The van der Waals surface area contributed by atoms with E-state index in [9.17, 15) is 5.11 Å². The Labute approximate surface area is 94.3 Å². The first-order valence-corrected chi connectivity index (χ1v) is 5.41. The lowest BCUT2D eigenvalue weighted by Crippen LogP contribution is -2.41. The minimum absolute atomic E-state index is 0.160. The fourth-order valence-electron chi connectivity index (χ4n) is 2.07. The summed E-state index contributed by atoms with van der Waals surface area (Å²) >= 11 is 4.81. The van der Waals surface area contributed by atoms with Crippen LogP contribution in [0.3, 0.4) is 0 Å². The van der Waals surface area contributed by atoms with E-state index >= 15 is 0 Å². The molecule has 4 N–H and O–H groups in total. The van der Waals surface area contributed by atoms with Crippen LogP contribution in [-0.4, -0.2) is 16.3 Å². The molecule has 1 aliphatic carbocycles. The van der Waals surface area contributed by atoms with Gasteiger partial charge in [0.05, 0.1) is 12.1 Å². The molecule has 0 amide bonds. The quantitative estimate of drug-likeness (QED) is 0.617. The predicted octanol–water partition coefficient (Wildman–Crippen LogP) is 0.868. The summed E-state index contributed by atoms with van der Waals surface area (Å²) in [4.78, 5) is 0. The first kappa shape index (κ1) is 10.4. The molecule has 0 fully saturated rings. The lowest BCUT2D eigenvalue weighted by molar-refractivity contribution is 0.120. The molecule has 15 heavy (non-hydrogen) atoms. The van der Waals surface area contributed by atoms with E-state index in [0.29, 0.717) is 0 Å². The summed E-state index contributed by atoms with van der Waals surface area (Å²) in [5.41, 5.74) is 7.81. The maximum Gasteiger partial charge on any atom is 0.164 e. The number of nitrogens with two attached hydrogens (primary N) is 1. The summed E-state index contributed by atoms with van der Waals surface area (Å²) in [6.07, 6.45) is 1.24. The van der Waals surface area contributed by atoms with E-state index in [1.54, 1.807) is 0 Å². The molecule has 0 saturated heterocycles. The normalized spacial score (nSPS) is 24.3. The van der Waals surface area contributed by atoms with E-state index in [2.05, 4.69) is 11.4 Å². The second kappa shape index (κ2) is 4.16. The molecule has 3 nitrogen and oxygen atoms in total. The van der Waals surface area contributed by atoms with E-state index in [1.807, 2.05) is 18.2 Å². The third-order valence-corrected chi connectivity index (χ3v) is 2.90. The number of hydrogen-bond donors (Lipinski definition) is 3. The first-order chi connectivity index (χ1) is 7.18. The lowest BCUT2D eigenvalue weighted by atomic mass is 9.86. The van der Waals surface area contributed by atoms with Crippen molar-refractivity contribution in [1.29, 1.82) is 0 Å². The van der Waals surface area contributed by atoms with E-state index in [-0.39, 0.29) is 11.2 Å². The fraction of sp³-hybridized carbons (Fsp3) is 0.364. The molecule has 0 aliphatic heterocycles. The van der Waals surface area contributed by atoms with Crippen molar-refractivity contribution in [3.8, 4) is 0 Å². The number of aryl methyl sites for hydroxylation is 1. The van der Waals surface area contributed by atoms with Gasteiger partial charge in [0.25, 0.3) is 0 Å². The summed E-state index contributed by atoms with van der Waals surface area (Å²) in [5, 5.41) is 13.1. The van der Waals surface area contributed by atoms with E-state index < -0.39 is 6.10 Å². The van der Waals surface area contributed by atoms with Crippen molar-refractivity contribution in [3.05, 3.63) is 35.4 Å². The summed E-state index contributed by atoms with van der Waals surface area (Å²) in [7, 11) is 0. The number of rotatable bonds is 1. The average molecular weight is 222 g/mol. The van der Waals surface area contributed by atoms with Gasteiger partial charge in [0.1, 0.15) is 0 Å². The minimum atomic E-state index is -0.415. The molecular weight excluding hydrogens is 208 g/mol. The summed E-state index contributed by atoms with van der Waals surface area (Å²) in [6, 6.07) is 7.90. The molecule has 2 atom stereocenters. The molecule has 0 saturated carbocycles. The number of aliphatic hydroxyl groups excluding tert-OH is 1. The highest BCUT2D eigenvalue weighted by Crippen LogP contribution is 2.29. The average Bonchev–Trinajstić information content (AvgIpc) is 2.22. The molecule has 80 valence electrons. The van der Waals surface area contributed by atoms with Crippen LogP contribution in [-0.2, 0) is 6.42 Å². The molecule has 1 aromatic rings. The predicted molar refractivity (Wildman–Crippen MR) is 63.4 cm³/mol. The van der Waals surface area contributed by atoms with Crippen LogP contribution in [0.25, 0.3) is 0 Å². The summed E-state index contributed by atoms with van der Waals surface area (Å²) in [6.45, 7) is 0. The third-order valence-electron chi connectivity index (χ3n) is 2.78. The van der Waals surface area contributed by atoms with Gasteiger partial charge in [-0.1, -0.05) is 24.3 Å². The molecule has 2 rings (SSSR count). The smallest absolute Gasteiger partial charge is 0.164 e. The van der Waals surface area contributed by atoms with Crippen molar-refractivity contribution >= 4 is 17.3 Å². The van der Waals surface area contributed by atoms with Crippen molar-refractivity contribution in [2.24, 2.45) is 5.73 Å². The number of nitrogens with one attached hydrogen (secondary N) is 1.